The highest BCUT2D eigenvalue weighted by Gasteiger charge is 2.24. The van der Waals surface area contributed by atoms with Gasteiger partial charge in [-0.2, -0.15) is 0 Å². The van der Waals surface area contributed by atoms with Gasteiger partial charge < -0.3 is 0 Å². The minimum Gasteiger partial charge on any atom is -0.0651 e. The highest BCUT2D eigenvalue weighted by atomic mass is 14.3. The monoisotopic (exact) mass is 280 g/mol. The highest BCUT2D eigenvalue weighted by Crippen LogP contribution is 2.36. The van der Waals surface area contributed by atoms with E-state index < -0.39 is 0 Å². The molecule has 0 bridgehead atoms. The second-order valence-corrected chi connectivity index (χ2v) is 7.72. The largest absolute Gasteiger partial charge is 0.0651 e. The van der Waals surface area contributed by atoms with E-state index in [0.29, 0.717) is 0 Å². The first-order valence-electron chi connectivity index (χ1n) is 9.72. The second kappa shape index (κ2) is 11.6. The Morgan fingerprint density at radius 2 is 1.30 bits per heavy atom. The molecule has 1 saturated carbocycles. The van der Waals surface area contributed by atoms with Crippen molar-refractivity contribution in [3.63, 3.8) is 0 Å². The quantitative estimate of drug-likeness (QED) is 0.309. The molecule has 120 valence electrons. The Kier molecular flexibility index (Phi) is 10.5. The summed E-state index contributed by atoms with van der Waals surface area (Å²) in [4.78, 5) is 0. The maximum Gasteiger partial charge on any atom is -0.0409 e. The van der Waals surface area contributed by atoms with E-state index in [0.717, 1.165) is 17.8 Å². The molecule has 0 heterocycles. The lowest BCUT2D eigenvalue weighted by molar-refractivity contribution is 0.195. The van der Waals surface area contributed by atoms with E-state index in [9.17, 15) is 0 Å². The average Bonchev–Trinajstić information content (AvgIpc) is 2.42. The van der Waals surface area contributed by atoms with Crippen LogP contribution in [-0.4, -0.2) is 0 Å². The van der Waals surface area contributed by atoms with Crippen molar-refractivity contribution in [2.45, 2.75) is 111 Å². The van der Waals surface area contributed by atoms with E-state index in [1.807, 2.05) is 0 Å². The van der Waals surface area contributed by atoms with Gasteiger partial charge in [-0.05, 0) is 30.6 Å². The van der Waals surface area contributed by atoms with Crippen LogP contribution >= 0.6 is 0 Å². The second-order valence-electron chi connectivity index (χ2n) is 7.72. The first kappa shape index (κ1) is 18.1. The van der Waals surface area contributed by atoms with Crippen LogP contribution in [-0.2, 0) is 0 Å². The molecule has 0 aromatic rings. The summed E-state index contributed by atoms with van der Waals surface area (Å²) in [6.45, 7) is 7.11. The molecule has 0 N–H and O–H groups in total. The molecular formula is C20H40. The van der Waals surface area contributed by atoms with Gasteiger partial charge in [-0.15, -0.1) is 0 Å². The molecule has 0 aliphatic heterocycles. The van der Waals surface area contributed by atoms with E-state index in [4.69, 9.17) is 0 Å². The molecule has 0 nitrogen and oxygen atoms in total. The van der Waals surface area contributed by atoms with Crippen LogP contribution in [0.4, 0.5) is 0 Å². The van der Waals surface area contributed by atoms with Gasteiger partial charge >= 0.3 is 0 Å². The summed E-state index contributed by atoms with van der Waals surface area (Å²) in [6.07, 6.45) is 20.8. The first-order valence-corrected chi connectivity index (χ1v) is 9.72. The lowest BCUT2D eigenvalue weighted by Crippen LogP contribution is -2.20. The zero-order valence-electron chi connectivity index (χ0n) is 14.6. The van der Waals surface area contributed by atoms with Crippen LogP contribution in [0.1, 0.15) is 111 Å². The predicted octanol–water partition coefficient (Wildman–Crippen LogP) is 7.37. The van der Waals surface area contributed by atoms with E-state index >= 15 is 0 Å². The molecule has 0 amide bonds. The first-order chi connectivity index (χ1) is 9.72. The summed E-state index contributed by atoms with van der Waals surface area (Å²) < 4.78 is 0. The Bertz CT molecular complexity index is 202. The fourth-order valence-electron chi connectivity index (χ4n) is 3.67. The van der Waals surface area contributed by atoms with Crippen molar-refractivity contribution in [1.82, 2.24) is 0 Å². The van der Waals surface area contributed by atoms with Crippen LogP contribution in [0.2, 0.25) is 0 Å². The molecule has 20 heavy (non-hydrogen) atoms. The molecule has 1 aliphatic carbocycles. The summed E-state index contributed by atoms with van der Waals surface area (Å²) in [5, 5.41) is 0. The van der Waals surface area contributed by atoms with Gasteiger partial charge in [0.25, 0.3) is 0 Å². The van der Waals surface area contributed by atoms with E-state index in [2.05, 4.69) is 20.8 Å². The average molecular weight is 281 g/mol. The Balaban J connectivity index is 1.68. The van der Waals surface area contributed by atoms with Gasteiger partial charge in [0.1, 0.15) is 0 Å². The molecule has 0 aromatic heterocycles. The molecule has 0 radical (unpaired) electrons. The van der Waals surface area contributed by atoms with Gasteiger partial charge in [0, 0.05) is 0 Å². The van der Waals surface area contributed by atoms with Crippen LogP contribution in [0.15, 0.2) is 0 Å². The molecule has 1 fully saturated rings. The third-order valence-electron chi connectivity index (χ3n) is 5.48. The number of hydrogen-bond donors (Lipinski definition) is 0. The lowest BCUT2D eigenvalue weighted by Gasteiger charge is -2.32. The Morgan fingerprint density at radius 1 is 0.800 bits per heavy atom. The van der Waals surface area contributed by atoms with Crippen molar-refractivity contribution in [2.75, 3.05) is 0 Å². The molecule has 0 saturated heterocycles. The number of hydrogen-bond acceptors (Lipinski definition) is 0. The fraction of sp³-hybridized carbons (Fsp3) is 1.00. The Labute approximate surface area is 129 Å². The van der Waals surface area contributed by atoms with Crippen molar-refractivity contribution in [3.8, 4) is 0 Å². The summed E-state index contributed by atoms with van der Waals surface area (Å²) in [7, 11) is 0. The van der Waals surface area contributed by atoms with Crippen LogP contribution in [0.3, 0.4) is 0 Å². The lowest BCUT2D eigenvalue weighted by atomic mass is 9.74. The van der Waals surface area contributed by atoms with Crippen molar-refractivity contribution in [3.05, 3.63) is 0 Å². The van der Waals surface area contributed by atoms with E-state index in [1.165, 1.54) is 89.9 Å². The Hall–Kier alpha value is 0. The van der Waals surface area contributed by atoms with Crippen molar-refractivity contribution in [1.29, 1.82) is 0 Å². The van der Waals surface area contributed by atoms with Crippen molar-refractivity contribution < 1.29 is 0 Å². The molecule has 1 aliphatic rings. The van der Waals surface area contributed by atoms with Gasteiger partial charge in [-0.25, -0.2) is 0 Å². The standard InChI is InChI=1S/C20H40/c1-4-18(2)14-12-10-8-6-5-7-9-11-13-15-20-16-19(3)17-20/h18-20H,4-17H2,1-3H3. The van der Waals surface area contributed by atoms with Crippen molar-refractivity contribution in [2.24, 2.45) is 17.8 Å². The number of unbranched alkanes of at least 4 members (excludes halogenated alkanes) is 8. The van der Waals surface area contributed by atoms with Gasteiger partial charge in [0.05, 0.1) is 0 Å². The minimum absolute atomic E-state index is 0.952. The van der Waals surface area contributed by atoms with E-state index in [-0.39, 0.29) is 0 Å². The third kappa shape index (κ3) is 9.03. The topological polar surface area (TPSA) is 0 Å². The van der Waals surface area contributed by atoms with E-state index in [1.54, 1.807) is 0 Å². The molecular weight excluding hydrogens is 240 g/mol. The van der Waals surface area contributed by atoms with Gasteiger partial charge in [0.15, 0.2) is 0 Å². The normalized spacial score (nSPS) is 23.6. The fourth-order valence-corrected chi connectivity index (χ4v) is 3.67. The molecule has 0 heteroatoms. The van der Waals surface area contributed by atoms with Gasteiger partial charge in [-0.1, -0.05) is 97.8 Å². The molecule has 0 spiro atoms. The van der Waals surface area contributed by atoms with Crippen LogP contribution in [0, 0.1) is 17.8 Å². The van der Waals surface area contributed by atoms with Crippen LogP contribution in [0.25, 0.3) is 0 Å². The summed E-state index contributed by atoms with van der Waals surface area (Å²) in [6, 6.07) is 0. The van der Waals surface area contributed by atoms with Gasteiger partial charge in [0.2, 0.25) is 0 Å². The molecule has 1 unspecified atom stereocenters. The summed E-state index contributed by atoms with van der Waals surface area (Å²) in [5.74, 6) is 3.10. The zero-order valence-corrected chi connectivity index (χ0v) is 14.6. The highest BCUT2D eigenvalue weighted by molar-refractivity contribution is 4.75. The van der Waals surface area contributed by atoms with Crippen LogP contribution < -0.4 is 0 Å². The Morgan fingerprint density at radius 3 is 1.80 bits per heavy atom. The smallest absolute Gasteiger partial charge is 0.0409 e. The number of rotatable bonds is 13. The molecule has 0 aromatic carbocycles. The predicted molar refractivity (Wildman–Crippen MR) is 92.1 cm³/mol. The maximum atomic E-state index is 2.40. The third-order valence-corrected chi connectivity index (χ3v) is 5.48. The maximum absolute atomic E-state index is 2.40. The van der Waals surface area contributed by atoms with Crippen LogP contribution in [0.5, 0.6) is 0 Å². The van der Waals surface area contributed by atoms with Crippen molar-refractivity contribution >= 4 is 0 Å². The zero-order chi connectivity index (χ0) is 14.6. The molecule has 1 rings (SSSR count). The summed E-state index contributed by atoms with van der Waals surface area (Å²) in [5.41, 5.74) is 0. The summed E-state index contributed by atoms with van der Waals surface area (Å²) >= 11 is 0. The molecule has 1 atom stereocenters. The van der Waals surface area contributed by atoms with Gasteiger partial charge in [-0.3, -0.25) is 0 Å². The SMILES string of the molecule is CCC(C)CCCCCCCCCCCC1CC(C)C1. The minimum atomic E-state index is 0.952.